The van der Waals surface area contributed by atoms with Crippen LogP contribution in [-0.2, 0) is 18.5 Å². The molecule has 0 radical (unpaired) electrons. The van der Waals surface area contributed by atoms with E-state index in [0.29, 0.717) is 6.54 Å². The van der Waals surface area contributed by atoms with Gasteiger partial charge in [0.05, 0.1) is 13.7 Å². The minimum atomic E-state index is -0.0328. The van der Waals surface area contributed by atoms with E-state index in [1.54, 1.807) is 7.11 Å². The molecular formula is C16H24N4O. The molecule has 1 heterocycles. The molecule has 0 saturated heterocycles. The Kier molecular flexibility index (Phi) is 4.63. The van der Waals surface area contributed by atoms with Crippen LogP contribution in [0.5, 0.6) is 5.75 Å². The molecule has 21 heavy (non-hydrogen) atoms. The number of ether oxygens (including phenoxy) is 1. The summed E-state index contributed by atoms with van der Waals surface area (Å²) in [7, 11) is 1.70. The predicted octanol–water partition coefficient (Wildman–Crippen LogP) is 2.71. The molecular weight excluding hydrogens is 264 g/mol. The van der Waals surface area contributed by atoms with E-state index >= 15 is 0 Å². The second-order valence-electron chi connectivity index (χ2n) is 6.27. The molecule has 1 aromatic heterocycles. The van der Waals surface area contributed by atoms with E-state index in [1.807, 2.05) is 6.07 Å². The normalized spacial score (nSPS) is 11.7. The van der Waals surface area contributed by atoms with Gasteiger partial charge in [-0.3, -0.25) is 5.10 Å². The molecule has 0 saturated carbocycles. The number of aryl methyl sites for hydroxylation is 1. The molecule has 0 unspecified atom stereocenters. The van der Waals surface area contributed by atoms with Crippen molar-refractivity contribution in [3.05, 3.63) is 41.0 Å². The van der Waals surface area contributed by atoms with Gasteiger partial charge in [0, 0.05) is 17.5 Å². The Hall–Kier alpha value is -1.88. The van der Waals surface area contributed by atoms with E-state index in [1.165, 1.54) is 5.56 Å². The second-order valence-corrected chi connectivity index (χ2v) is 6.27. The van der Waals surface area contributed by atoms with Gasteiger partial charge < -0.3 is 10.1 Å². The molecule has 1 aromatic carbocycles. The molecule has 0 aliphatic rings. The molecule has 0 aliphatic carbocycles. The Bertz CT molecular complexity index is 599. The molecule has 2 rings (SSSR count). The first-order valence-corrected chi connectivity index (χ1v) is 7.16. The fraction of sp³-hybridized carbons (Fsp3) is 0.500. The second kappa shape index (κ2) is 6.26. The lowest BCUT2D eigenvalue weighted by atomic mass is 9.96. The van der Waals surface area contributed by atoms with Crippen LogP contribution in [0.3, 0.4) is 0 Å². The first-order chi connectivity index (χ1) is 9.90. The van der Waals surface area contributed by atoms with Crippen LogP contribution in [0.15, 0.2) is 18.2 Å². The molecule has 2 N–H and O–H groups in total. The van der Waals surface area contributed by atoms with Gasteiger partial charge >= 0.3 is 0 Å². The quantitative estimate of drug-likeness (QED) is 0.888. The maximum atomic E-state index is 5.40. The number of methoxy groups -OCH3 is 1. The summed E-state index contributed by atoms with van der Waals surface area (Å²) < 4.78 is 5.40. The van der Waals surface area contributed by atoms with Crippen LogP contribution < -0.4 is 10.1 Å². The van der Waals surface area contributed by atoms with Gasteiger partial charge in [-0.25, -0.2) is 4.98 Å². The number of nitrogens with one attached hydrogen (secondary N) is 2. The molecule has 0 atom stereocenters. The highest BCUT2D eigenvalue weighted by Gasteiger charge is 2.19. The van der Waals surface area contributed by atoms with E-state index in [-0.39, 0.29) is 5.41 Å². The summed E-state index contributed by atoms with van der Waals surface area (Å²) in [5.74, 6) is 2.61. The van der Waals surface area contributed by atoms with Gasteiger partial charge in [-0.05, 0) is 18.6 Å². The van der Waals surface area contributed by atoms with Crippen molar-refractivity contribution in [2.45, 2.75) is 46.2 Å². The number of aromatic amines is 1. The van der Waals surface area contributed by atoms with Crippen LogP contribution in [0.25, 0.3) is 0 Å². The largest absolute Gasteiger partial charge is 0.496 e. The number of aromatic nitrogens is 3. The lowest BCUT2D eigenvalue weighted by Gasteiger charge is -2.12. The van der Waals surface area contributed by atoms with Gasteiger partial charge in [0.25, 0.3) is 0 Å². The van der Waals surface area contributed by atoms with Gasteiger partial charge in [0.15, 0.2) is 5.82 Å². The number of hydrogen-bond acceptors (Lipinski definition) is 4. The SMILES string of the molecule is COc1cc(C)ccc1CNCc1nc(C(C)(C)C)n[nH]1. The minimum Gasteiger partial charge on any atom is -0.496 e. The van der Waals surface area contributed by atoms with E-state index in [2.05, 4.69) is 60.3 Å². The summed E-state index contributed by atoms with van der Waals surface area (Å²) in [4.78, 5) is 4.51. The molecule has 0 bridgehead atoms. The van der Waals surface area contributed by atoms with Crippen LogP contribution in [-0.4, -0.2) is 22.3 Å². The maximum Gasteiger partial charge on any atom is 0.156 e. The number of rotatable bonds is 5. The van der Waals surface area contributed by atoms with Gasteiger partial charge in [0.1, 0.15) is 11.6 Å². The smallest absolute Gasteiger partial charge is 0.156 e. The summed E-state index contributed by atoms with van der Waals surface area (Å²) in [5.41, 5.74) is 2.30. The van der Waals surface area contributed by atoms with Crippen molar-refractivity contribution in [3.8, 4) is 5.75 Å². The highest BCUT2D eigenvalue weighted by molar-refractivity contribution is 5.36. The molecule has 114 valence electrons. The van der Waals surface area contributed by atoms with Crippen LogP contribution in [0.4, 0.5) is 0 Å². The Balaban J connectivity index is 1.94. The average Bonchev–Trinajstić information content (AvgIpc) is 2.89. The third kappa shape index (κ3) is 4.04. The van der Waals surface area contributed by atoms with E-state index in [4.69, 9.17) is 4.74 Å². The third-order valence-electron chi connectivity index (χ3n) is 3.25. The van der Waals surface area contributed by atoms with Gasteiger partial charge in [-0.2, -0.15) is 5.10 Å². The Morgan fingerprint density at radius 1 is 1.24 bits per heavy atom. The maximum absolute atomic E-state index is 5.40. The molecule has 0 spiro atoms. The van der Waals surface area contributed by atoms with Gasteiger partial charge in [-0.1, -0.05) is 32.9 Å². The predicted molar refractivity (Wildman–Crippen MR) is 83.4 cm³/mol. The van der Waals surface area contributed by atoms with E-state index in [9.17, 15) is 0 Å². The van der Waals surface area contributed by atoms with Crippen molar-refractivity contribution in [3.63, 3.8) is 0 Å². The van der Waals surface area contributed by atoms with E-state index in [0.717, 1.165) is 29.5 Å². The van der Waals surface area contributed by atoms with Crippen molar-refractivity contribution >= 4 is 0 Å². The topological polar surface area (TPSA) is 62.8 Å². The molecule has 0 amide bonds. The van der Waals surface area contributed by atoms with E-state index < -0.39 is 0 Å². The monoisotopic (exact) mass is 288 g/mol. The molecule has 5 heteroatoms. The fourth-order valence-corrected chi connectivity index (χ4v) is 2.02. The van der Waals surface area contributed by atoms with Crippen molar-refractivity contribution in [1.82, 2.24) is 20.5 Å². The molecule has 5 nitrogen and oxygen atoms in total. The van der Waals surface area contributed by atoms with Crippen molar-refractivity contribution in [1.29, 1.82) is 0 Å². The minimum absolute atomic E-state index is 0.0328. The highest BCUT2D eigenvalue weighted by Crippen LogP contribution is 2.20. The Morgan fingerprint density at radius 2 is 2.00 bits per heavy atom. The van der Waals surface area contributed by atoms with Crippen LogP contribution in [0, 0.1) is 6.92 Å². The summed E-state index contributed by atoms with van der Waals surface area (Å²) in [6.07, 6.45) is 0. The first-order valence-electron chi connectivity index (χ1n) is 7.16. The number of benzene rings is 1. The van der Waals surface area contributed by atoms with Gasteiger partial charge in [0.2, 0.25) is 0 Å². The highest BCUT2D eigenvalue weighted by atomic mass is 16.5. The molecule has 2 aromatic rings. The summed E-state index contributed by atoms with van der Waals surface area (Å²) in [6, 6.07) is 6.22. The van der Waals surface area contributed by atoms with Gasteiger partial charge in [-0.15, -0.1) is 0 Å². The van der Waals surface area contributed by atoms with Crippen LogP contribution >= 0.6 is 0 Å². The van der Waals surface area contributed by atoms with Crippen LogP contribution in [0.1, 0.15) is 43.5 Å². The van der Waals surface area contributed by atoms with Crippen molar-refractivity contribution in [2.24, 2.45) is 0 Å². The number of H-pyrrole nitrogens is 1. The average molecular weight is 288 g/mol. The summed E-state index contributed by atoms with van der Waals surface area (Å²) in [5, 5.41) is 10.6. The Morgan fingerprint density at radius 3 is 2.62 bits per heavy atom. The summed E-state index contributed by atoms with van der Waals surface area (Å²) >= 11 is 0. The lowest BCUT2D eigenvalue weighted by Crippen LogP contribution is -2.16. The third-order valence-corrected chi connectivity index (χ3v) is 3.25. The number of hydrogen-bond donors (Lipinski definition) is 2. The summed E-state index contributed by atoms with van der Waals surface area (Å²) in [6.45, 7) is 9.75. The fourth-order valence-electron chi connectivity index (χ4n) is 2.02. The lowest BCUT2D eigenvalue weighted by molar-refractivity contribution is 0.407. The molecule has 0 fully saturated rings. The zero-order chi connectivity index (χ0) is 15.5. The van der Waals surface area contributed by atoms with Crippen LogP contribution in [0.2, 0.25) is 0 Å². The number of nitrogens with zero attached hydrogens (tertiary/aromatic N) is 2. The zero-order valence-corrected chi connectivity index (χ0v) is 13.4. The molecule has 0 aliphatic heterocycles. The first kappa shape index (κ1) is 15.5. The Labute approximate surface area is 126 Å². The van der Waals surface area contributed by atoms with Crippen molar-refractivity contribution in [2.75, 3.05) is 7.11 Å². The standard InChI is InChI=1S/C16H24N4O/c1-11-6-7-12(13(8-11)21-5)9-17-10-14-18-15(20-19-14)16(2,3)4/h6-8,17H,9-10H2,1-5H3,(H,18,19,20). The zero-order valence-electron chi connectivity index (χ0n) is 13.4. The van der Waals surface area contributed by atoms with Crippen molar-refractivity contribution < 1.29 is 4.74 Å².